The monoisotopic (exact) mass is 148 g/mol. The summed E-state index contributed by atoms with van der Waals surface area (Å²) in [5, 5.41) is 0. The summed E-state index contributed by atoms with van der Waals surface area (Å²) in [5.74, 6) is 0. The summed E-state index contributed by atoms with van der Waals surface area (Å²) >= 11 is 0. The van der Waals surface area contributed by atoms with Gasteiger partial charge >= 0.3 is 0 Å². The third-order valence-electron chi connectivity index (χ3n) is 1.79. The van der Waals surface area contributed by atoms with E-state index in [1.807, 2.05) is 25.1 Å². The highest BCUT2D eigenvalue weighted by Gasteiger charge is 1.89. The van der Waals surface area contributed by atoms with E-state index in [1.54, 1.807) is 6.07 Å². The molecule has 0 unspecified atom stereocenters. The van der Waals surface area contributed by atoms with Crippen LogP contribution in [0.1, 0.15) is 18.1 Å². The van der Waals surface area contributed by atoms with E-state index in [0.29, 0.717) is 0 Å². The molecule has 1 rings (SSSR count). The van der Waals surface area contributed by atoms with Crippen LogP contribution in [-0.4, -0.2) is 0 Å². The van der Waals surface area contributed by atoms with Gasteiger partial charge in [0.25, 0.3) is 0 Å². The number of hydrogen-bond donors (Lipinski definition) is 0. The molecular formula is C10H12O. The fourth-order valence-electron chi connectivity index (χ4n) is 0.920. The van der Waals surface area contributed by atoms with Gasteiger partial charge in [0.05, 0.1) is 0 Å². The van der Waals surface area contributed by atoms with Crippen LogP contribution in [0.2, 0.25) is 0 Å². The van der Waals surface area contributed by atoms with Crippen LogP contribution in [0.5, 0.6) is 0 Å². The maximum absolute atomic E-state index is 11.1. The van der Waals surface area contributed by atoms with Crippen LogP contribution in [0.15, 0.2) is 29.1 Å². The Balaban J connectivity index is 3.28. The lowest BCUT2D eigenvalue weighted by atomic mass is 10.2. The zero-order valence-corrected chi connectivity index (χ0v) is 6.92. The first-order valence-electron chi connectivity index (χ1n) is 3.84. The van der Waals surface area contributed by atoms with Gasteiger partial charge in [0.15, 0.2) is 5.43 Å². The van der Waals surface area contributed by atoms with E-state index in [1.165, 1.54) is 5.56 Å². The Morgan fingerprint density at radius 2 is 1.82 bits per heavy atom. The van der Waals surface area contributed by atoms with Gasteiger partial charge in [-0.3, -0.25) is 4.79 Å². The van der Waals surface area contributed by atoms with Gasteiger partial charge in [-0.05, 0) is 30.5 Å². The van der Waals surface area contributed by atoms with Gasteiger partial charge in [-0.25, -0.2) is 0 Å². The fourth-order valence-corrected chi connectivity index (χ4v) is 0.920. The first kappa shape index (κ1) is 7.99. The van der Waals surface area contributed by atoms with Crippen LogP contribution >= 0.6 is 0 Å². The van der Waals surface area contributed by atoms with Crippen molar-refractivity contribution < 1.29 is 0 Å². The zero-order valence-electron chi connectivity index (χ0n) is 6.92. The molecule has 0 fully saturated rings. The minimum Gasteiger partial charge on any atom is -0.290 e. The molecule has 0 radical (unpaired) electrons. The van der Waals surface area contributed by atoms with E-state index in [9.17, 15) is 4.79 Å². The van der Waals surface area contributed by atoms with Crippen LogP contribution in [-0.2, 0) is 6.42 Å². The third-order valence-corrected chi connectivity index (χ3v) is 1.79. The maximum atomic E-state index is 11.1. The fraction of sp³-hybridized carbons (Fsp3) is 0.300. The molecule has 0 bridgehead atoms. The summed E-state index contributed by atoms with van der Waals surface area (Å²) in [6, 6.07) is 7.39. The summed E-state index contributed by atoms with van der Waals surface area (Å²) in [7, 11) is 0. The molecule has 0 atom stereocenters. The Morgan fingerprint density at radius 1 is 1.18 bits per heavy atom. The first-order chi connectivity index (χ1) is 5.24. The van der Waals surface area contributed by atoms with Crippen LogP contribution in [0.3, 0.4) is 0 Å². The molecule has 1 aromatic rings. The summed E-state index contributed by atoms with van der Waals surface area (Å²) in [5.41, 5.74) is 2.13. The van der Waals surface area contributed by atoms with E-state index < -0.39 is 0 Å². The molecule has 1 heteroatoms. The molecule has 0 aromatic heterocycles. The lowest BCUT2D eigenvalue weighted by molar-refractivity contribution is 1.15. The Morgan fingerprint density at radius 3 is 2.45 bits per heavy atom. The van der Waals surface area contributed by atoms with E-state index in [-0.39, 0.29) is 5.43 Å². The smallest absolute Gasteiger partial charge is 0.181 e. The molecule has 0 aliphatic rings. The van der Waals surface area contributed by atoms with Crippen molar-refractivity contribution in [2.24, 2.45) is 0 Å². The van der Waals surface area contributed by atoms with Crippen molar-refractivity contribution in [2.75, 3.05) is 0 Å². The minimum absolute atomic E-state index is 0.115. The van der Waals surface area contributed by atoms with Gasteiger partial charge in [-0.15, -0.1) is 0 Å². The Bertz CT molecular complexity index is 302. The number of aryl methyl sites for hydroxylation is 2. The van der Waals surface area contributed by atoms with Gasteiger partial charge < -0.3 is 0 Å². The maximum Gasteiger partial charge on any atom is 0.181 e. The van der Waals surface area contributed by atoms with Crippen molar-refractivity contribution in [3.63, 3.8) is 0 Å². The minimum atomic E-state index is 0.115. The third kappa shape index (κ3) is 1.90. The Kier molecular flexibility index (Phi) is 2.42. The standard InChI is InChI=1S/C10H12O/c1-3-9-5-4-8(2)10(11)7-6-9/h4-7H,3H2,1-2H3. The molecule has 0 heterocycles. The predicted molar refractivity (Wildman–Crippen MR) is 46.8 cm³/mol. The van der Waals surface area contributed by atoms with Crippen molar-refractivity contribution in [1.29, 1.82) is 0 Å². The molecule has 0 amide bonds. The summed E-state index contributed by atoms with van der Waals surface area (Å²) in [6.45, 7) is 3.91. The molecule has 0 saturated heterocycles. The quantitative estimate of drug-likeness (QED) is 0.594. The molecule has 0 aliphatic heterocycles. The summed E-state index contributed by atoms with van der Waals surface area (Å²) < 4.78 is 0. The van der Waals surface area contributed by atoms with Gasteiger partial charge in [-0.1, -0.05) is 25.1 Å². The zero-order chi connectivity index (χ0) is 8.27. The van der Waals surface area contributed by atoms with Gasteiger partial charge in [0.2, 0.25) is 0 Å². The van der Waals surface area contributed by atoms with Crippen molar-refractivity contribution in [3.8, 4) is 0 Å². The largest absolute Gasteiger partial charge is 0.290 e. The molecule has 58 valence electrons. The number of hydrogen-bond acceptors (Lipinski definition) is 1. The first-order valence-corrected chi connectivity index (χ1v) is 3.84. The molecule has 0 N–H and O–H groups in total. The highest BCUT2D eigenvalue weighted by molar-refractivity contribution is 5.19. The van der Waals surface area contributed by atoms with E-state index in [4.69, 9.17) is 0 Å². The van der Waals surface area contributed by atoms with E-state index in [2.05, 4.69) is 6.92 Å². The second kappa shape index (κ2) is 3.33. The Hall–Kier alpha value is -1.11. The average molecular weight is 148 g/mol. The molecule has 1 nitrogen and oxygen atoms in total. The van der Waals surface area contributed by atoms with E-state index >= 15 is 0 Å². The topological polar surface area (TPSA) is 17.1 Å². The van der Waals surface area contributed by atoms with Crippen molar-refractivity contribution in [1.82, 2.24) is 0 Å². The average Bonchev–Trinajstić information content (AvgIpc) is 2.16. The molecule has 0 aliphatic carbocycles. The predicted octanol–water partition coefficient (Wildman–Crippen LogP) is 1.92. The SMILES string of the molecule is CCc1ccc(C)c(=O)cc1. The van der Waals surface area contributed by atoms with Crippen molar-refractivity contribution in [2.45, 2.75) is 20.3 Å². The summed E-state index contributed by atoms with van der Waals surface area (Å²) in [4.78, 5) is 11.1. The van der Waals surface area contributed by atoms with Crippen LogP contribution in [0.4, 0.5) is 0 Å². The second-order valence-corrected chi connectivity index (χ2v) is 2.64. The Labute approximate surface area is 66.7 Å². The highest BCUT2D eigenvalue weighted by atomic mass is 16.1. The van der Waals surface area contributed by atoms with Gasteiger partial charge in [0.1, 0.15) is 0 Å². The molecule has 1 aromatic carbocycles. The summed E-state index contributed by atoms with van der Waals surface area (Å²) in [6.07, 6.45) is 0.980. The van der Waals surface area contributed by atoms with Crippen molar-refractivity contribution in [3.05, 3.63) is 45.6 Å². The van der Waals surface area contributed by atoms with Gasteiger partial charge in [-0.2, -0.15) is 0 Å². The lowest BCUT2D eigenvalue weighted by Crippen LogP contribution is -1.96. The number of rotatable bonds is 1. The van der Waals surface area contributed by atoms with Crippen LogP contribution in [0.25, 0.3) is 0 Å². The lowest BCUT2D eigenvalue weighted by Gasteiger charge is -1.84. The molecule has 0 saturated carbocycles. The molecule has 11 heavy (non-hydrogen) atoms. The van der Waals surface area contributed by atoms with Crippen LogP contribution in [0, 0.1) is 6.92 Å². The molecular weight excluding hydrogens is 136 g/mol. The van der Waals surface area contributed by atoms with E-state index in [0.717, 1.165) is 12.0 Å². The molecule has 0 spiro atoms. The highest BCUT2D eigenvalue weighted by Crippen LogP contribution is 1.96. The second-order valence-electron chi connectivity index (χ2n) is 2.64. The normalized spacial score (nSPS) is 9.64. The van der Waals surface area contributed by atoms with Gasteiger partial charge in [0, 0.05) is 0 Å². The van der Waals surface area contributed by atoms with Crippen molar-refractivity contribution >= 4 is 0 Å². The van der Waals surface area contributed by atoms with Crippen LogP contribution < -0.4 is 5.43 Å².